The maximum Gasteiger partial charge on any atom is 0.338 e. The molecule has 1 amide bonds. The lowest BCUT2D eigenvalue weighted by molar-refractivity contribution is 0.0524. The molecular weight excluding hydrogens is 526 g/mol. The lowest BCUT2D eigenvalue weighted by Gasteiger charge is -2.38. The van der Waals surface area contributed by atoms with E-state index in [0.717, 1.165) is 15.6 Å². The van der Waals surface area contributed by atoms with Crippen LogP contribution in [0.2, 0.25) is 0 Å². The fraction of sp³-hybridized carbons (Fsp3) is 0.286. The molecule has 1 heterocycles. The molecular formula is C28H28BrNO6. The zero-order chi connectivity index (χ0) is 25.7. The first-order valence-corrected chi connectivity index (χ1v) is 12.5. The molecule has 0 N–H and O–H groups in total. The molecule has 1 atom stereocenters. The molecule has 3 aromatic carbocycles. The van der Waals surface area contributed by atoms with Crippen LogP contribution in [0, 0.1) is 0 Å². The van der Waals surface area contributed by atoms with Gasteiger partial charge in [0, 0.05) is 11.0 Å². The average Bonchev–Trinajstić information content (AvgIpc) is 2.91. The van der Waals surface area contributed by atoms with E-state index in [1.54, 1.807) is 45.4 Å². The summed E-state index contributed by atoms with van der Waals surface area (Å²) in [5, 5.41) is 0. The van der Waals surface area contributed by atoms with E-state index in [1.807, 2.05) is 41.3 Å². The van der Waals surface area contributed by atoms with Gasteiger partial charge in [-0.15, -0.1) is 0 Å². The van der Waals surface area contributed by atoms with Gasteiger partial charge in [0.2, 0.25) is 0 Å². The van der Waals surface area contributed by atoms with E-state index >= 15 is 0 Å². The molecule has 1 aliphatic heterocycles. The fourth-order valence-corrected chi connectivity index (χ4v) is 4.77. The highest BCUT2D eigenvalue weighted by molar-refractivity contribution is 9.10. The number of hydrogen-bond donors (Lipinski definition) is 0. The topological polar surface area (TPSA) is 74.3 Å². The zero-order valence-electron chi connectivity index (χ0n) is 20.5. The molecule has 1 unspecified atom stereocenters. The van der Waals surface area contributed by atoms with Crippen molar-refractivity contribution in [1.29, 1.82) is 0 Å². The summed E-state index contributed by atoms with van der Waals surface area (Å²) in [6, 6.07) is 17.7. The number of esters is 1. The number of hydrogen-bond acceptors (Lipinski definition) is 6. The Morgan fingerprint density at radius 2 is 1.69 bits per heavy atom. The highest BCUT2D eigenvalue weighted by Gasteiger charge is 2.34. The van der Waals surface area contributed by atoms with Crippen LogP contribution >= 0.6 is 15.9 Å². The van der Waals surface area contributed by atoms with Crippen LogP contribution < -0.4 is 14.2 Å². The largest absolute Gasteiger partial charge is 0.493 e. The van der Waals surface area contributed by atoms with Gasteiger partial charge in [0.1, 0.15) is 12.4 Å². The van der Waals surface area contributed by atoms with Crippen LogP contribution in [0.5, 0.6) is 17.2 Å². The molecule has 3 aromatic rings. The molecule has 7 nitrogen and oxygen atoms in total. The molecule has 0 fully saturated rings. The van der Waals surface area contributed by atoms with Crippen LogP contribution in [0.15, 0.2) is 65.1 Å². The number of fused-ring (bicyclic) bond motifs is 1. The quantitative estimate of drug-likeness (QED) is 0.345. The standard InChI is InChI=1S/C28H28BrNO6/c1-4-35-28(32)18-9-11-20(12-10-18)36-17-24-22-16-26(34-3)25(33-2)15-19(22)13-14-30(24)27(31)21-7-5-6-8-23(21)29/h5-12,15-16,24H,4,13-14,17H2,1-3H3. The molecule has 36 heavy (non-hydrogen) atoms. The number of methoxy groups -OCH3 is 2. The molecule has 0 spiro atoms. The molecule has 4 rings (SSSR count). The van der Waals surface area contributed by atoms with Crippen LogP contribution in [-0.4, -0.2) is 50.8 Å². The molecule has 0 saturated carbocycles. The van der Waals surface area contributed by atoms with Crippen LogP contribution in [-0.2, 0) is 11.2 Å². The molecule has 0 radical (unpaired) electrons. The molecule has 0 aliphatic carbocycles. The molecule has 0 saturated heterocycles. The van der Waals surface area contributed by atoms with Gasteiger partial charge in [0.25, 0.3) is 5.91 Å². The normalized spacial score (nSPS) is 14.6. The second-order valence-corrected chi connectivity index (χ2v) is 9.06. The lowest BCUT2D eigenvalue weighted by atomic mass is 9.91. The van der Waals surface area contributed by atoms with Gasteiger partial charge in [0.15, 0.2) is 11.5 Å². The van der Waals surface area contributed by atoms with Crippen molar-refractivity contribution < 1.29 is 28.5 Å². The fourth-order valence-electron chi connectivity index (χ4n) is 4.32. The van der Waals surface area contributed by atoms with Crippen molar-refractivity contribution in [3.63, 3.8) is 0 Å². The number of nitrogens with zero attached hydrogens (tertiary/aromatic N) is 1. The Morgan fingerprint density at radius 3 is 2.36 bits per heavy atom. The number of ether oxygens (including phenoxy) is 4. The Bertz CT molecular complexity index is 1240. The third kappa shape index (κ3) is 5.33. The van der Waals surface area contributed by atoms with Crippen molar-refractivity contribution in [2.45, 2.75) is 19.4 Å². The predicted octanol–water partition coefficient (Wildman–Crippen LogP) is 5.46. The summed E-state index contributed by atoms with van der Waals surface area (Å²) in [5.74, 6) is 1.36. The number of amides is 1. The summed E-state index contributed by atoms with van der Waals surface area (Å²) < 4.78 is 23.0. The molecule has 0 bridgehead atoms. The second kappa shape index (κ2) is 11.5. The summed E-state index contributed by atoms with van der Waals surface area (Å²) in [4.78, 5) is 27.4. The van der Waals surface area contributed by atoms with Gasteiger partial charge in [-0.25, -0.2) is 4.79 Å². The van der Waals surface area contributed by atoms with Gasteiger partial charge in [-0.2, -0.15) is 0 Å². The summed E-state index contributed by atoms with van der Waals surface area (Å²) in [6.07, 6.45) is 0.677. The Morgan fingerprint density at radius 1 is 1.00 bits per heavy atom. The van der Waals surface area contributed by atoms with Gasteiger partial charge >= 0.3 is 5.97 Å². The van der Waals surface area contributed by atoms with Gasteiger partial charge in [-0.05, 0) is 88.9 Å². The molecule has 188 valence electrons. The van der Waals surface area contributed by atoms with Crippen molar-refractivity contribution in [2.24, 2.45) is 0 Å². The van der Waals surface area contributed by atoms with E-state index in [4.69, 9.17) is 18.9 Å². The van der Waals surface area contributed by atoms with Gasteiger partial charge in [0.05, 0.1) is 38.0 Å². The zero-order valence-corrected chi connectivity index (χ0v) is 22.0. The third-order valence-electron chi connectivity index (χ3n) is 6.14. The molecule has 1 aliphatic rings. The maximum absolute atomic E-state index is 13.6. The van der Waals surface area contributed by atoms with Crippen molar-refractivity contribution in [3.8, 4) is 17.2 Å². The Balaban J connectivity index is 1.65. The first-order chi connectivity index (χ1) is 17.5. The number of rotatable bonds is 8. The summed E-state index contributed by atoms with van der Waals surface area (Å²) >= 11 is 3.51. The van der Waals surface area contributed by atoms with Gasteiger partial charge in [-0.1, -0.05) is 12.1 Å². The van der Waals surface area contributed by atoms with Crippen molar-refractivity contribution in [3.05, 3.63) is 87.4 Å². The minimum atomic E-state index is -0.378. The van der Waals surface area contributed by atoms with Crippen LogP contribution in [0.25, 0.3) is 0 Å². The summed E-state index contributed by atoms with van der Waals surface area (Å²) in [5.41, 5.74) is 3.07. The van der Waals surface area contributed by atoms with E-state index in [-0.39, 0.29) is 24.5 Å². The second-order valence-electron chi connectivity index (χ2n) is 8.21. The van der Waals surface area contributed by atoms with Crippen molar-refractivity contribution in [2.75, 3.05) is 34.0 Å². The lowest BCUT2D eigenvalue weighted by Crippen LogP contribution is -2.42. The maximum atomic E-state index is 13.6. The summed E-state index contributed by atoms with van der Waals surface area (Å²) in [6.45, 7) is 2.83. The first-order valence-electron chi connectivity index (χ1n) is 11.7. The highest BCUT2D eigenvalue weighted by atomic mass is 79.9. The van der Waals surface area contributed by atoms with Gasteiger partial charge in [-0.3, -0.25) is 4.79 Å². The van der Waals surface area contributed by atoms with Gasteiger partial charge < -0.3 is 23.8 Å². The van der Waals surface area contributed by atoms with Crippen molar-refractivity contribution >= 4 is 27.8 Å². The van der Waals surface area contributed by atoms with E-state index in [0.29, 0.717) is 47.9 Å². The minimum Gasteiger partial charge on any atom is -0.493 e. The van der Waals surface area contributed by atoms with Crippen LogP contribution in [0.3, 0.4) is 0 Å². The SMILES string of the molecule is CCOC(=O)c1ccc(OCC2c3cc(OC)c(OC)cc3CCN2C(=O)c2ccccc2Br)cc1. The van der Waals surface area contributed by atoms with Crippen molar-refractivity contribution in [1.82, 2.24) is 4.90 Å². The number of carbonyl (C=O) groups excluding carboxylic acids is 2. The smallest absolute Gasteiger partial charge is 0.338 e. The summed E-state index contributed by atoms with van der Waals surface area (Å²) in [7, 11) is 3.20. The van der Waals surface area contributed by atoms with E-state index in [1.165, 1.54) is 0 Å². The average molecular weight is 554 g/mol. The molecule has 0 aromatic heterocycles. The monoisotopic (exact) mass is 553 g/mol. The number of benzene rings is 3. The third-order valence-corrected chi connectivity index (χ3v) is 6.83. The highest BCUT2D eigenvalue weighted by Crippen LogP contribution is 2.39. The number of halogens is 1. The van der Waals surface area contributed by atoms with Crippen LogP contribution in [0.4, 0.5) is 0 Å². The van der Waals surface area contributed by atoms with E-state index in [2.05, 4.69) is 15.9 Å². The minimum absolute atomic E-state index is 0.0887. The van der Waals surface area contributed by atoms with E-state index in [9.17, 15) is 9.59 Å². The Labute approximate surface area is 219 Å². The predicted molar refractivity (Wildman–Crippen MR) is 139 cm³/mol. The van der Waals surface area contributed by atoms with Crippen LogP contribution in [0.1, 0.15) is 44.8 Å². The Kier molecular flexibility index (Phi) is 8.15. The molecule has 8 heteroatoms. The van der Waals surface area contributed by atoms with E-state index < -0.39 is 0 Å². The first kappa shape index (κ1) is 25.6. The Hall–Kier alpha value is -3.52. The number of carbonyl (C=O) groups is 2.